The van der Waals surface area contributed by atoms with Crippen molar-refractivity contribution in [1.82, 2.24) is 10.2 Å². The van der Waals surface area contributed by atoms with Crippen LogP contribution in [-0.4, -0.2) is 57.0 Å². The van der Waals surface area contributed by atoms with Gasteiger partial charge in [0.1, 0.15) is 0 Å². The lowest BCUT2D eigenvalue weighted by molar-refractivity contribution is -0.184. The van der Waals surface area contributed by atoms with E-state index in [1.165, 1.54) is 0 Å². The van der Waals surface area contributed by atoms with E-state index in [0.29, 0.717) is 13.1 Å². The second kappa shape index (κ2) is 8.76. The van der Waals surface area contributed by atoms with Gasteiger partial charge in [-0.3, -0.25) is 0 Å². The highest BCUT2D eigenvalue weighted by Crippen LogP contribution is 2.33. The first-order valence-corrected chi connectivity index (χ1v) is 7.11. The molecule has 1 fully saturated rings. The van der Waals surface area contributed by atoms with E-state index in [1.54, 1.807) is 0 Å². The van der Waals surface area contributed by atoms with Crippen LogP contribution in [0.1, 0.15) is 26.2 Å². The third-order valence-electron chi connectivity index (χ3n) is 3.50. The van der Waals surface area contributed by atoms with Crippen molar-refractivity contribution in [3.05, 3.63) is 0 Å². The molecule has 0 aromatic rings. The van der Waals surface area contributed by atoms with E-state index in [9.17, 15) is 13.2 Å². The molecule has 0 bridgehead atoms. The van der Waals surface area contributed by atoms with Crippen LogP contribution in [-0.2, 0) is 4.74 Å². The summed E-state index contributed by atoms with van der Waals surface area (Å²) in [5, 5.41) is 3.29. The van der Waals surface area contributed by atoms with E-state index in [0.717, 1.165) is 39.3 Å². The van der Waals surface area contributed by atoms with Gasteiger partial charge < -0.3 is 15.0 Å². The van der Waals surface area contributed by atoms with Crippen molar-refractivity contribution >= 4 is 0 Å². The molecule has 1 N–H and O–H groups in total. The second-order valence-corrected chi connectivity index (χ2v) is 4.96. The fraction of sp³-hybridized carbons (Fsp3) is 1.00. The number of piperidine rings is 1. The van der Waals surface area contributed by atoms with Crippen LogP contribution in [0, 0.1) is 5.92 Å². The number of rotatable bonds is 8. The highest BCUT2D eigenvalue weighted by atomic mass is 19.4. The molecule has 6 heteroatoms. The SMILES string of the molecule is CCOCCCNCCN1CCC(C(F)(F)F)CC1. The summed E-state index contributed by atoms with van der Waals surface area (Å²) < 4.78 is 42.7. The Morgan fingerprint density at radius 1 is 1.21 bits per heavy atom. The average molecular weight is 282 g/mol. The van der Waals surface area contributed by atoms with E-state index in [4.69, 9.17) is 4.74 Å². The Bertz CT molecular complexity index is 228. The first kappa shape index (κ1) is 16.7. The largest absolute Gasteiger partial charge is 0.391 e. The van der Waals surface area contributed by atoms with Crippen LogP contribution in [0.5, 0.6) is 0 Å². The Kier molecular flexibility index (Phi) is 7.71. The molecule has 0 aromatic carbocycles. The number of alkyl halides is 3. The molecule has 0 aromatic heterocycles. The Morgan fingerprint density at radius 2 is 1.89 bits per heavy atom. The number of likely N-dealkylation sites (tertiary alicyclic amines) is 1. The third kappa shape index (κ3) is 7.13. The molecule has 114 valence electrons. The topological polar surface area (TPSA) is 24.5 Å². The maximum atomic E-state index is 12.5. The first-order valence-electron chi connectivity index (χ1n) is 7.11. The molecule has 19 heavy (non-hydrogen) atoms. The standard InChI is InChI=1S/C13H25F3N2O/c1-2-19-11-3-6-17-7-10-18-8-4-12(5-9-18)13(14,15)16/h12,17H,2-11H2,1H3. The highest BCUT2D eigenvalue weighted by Gasteiger charge is 2.40. The monoisotopic (exact) mass is 282 g/mol. The summed E-state index contributed by atoms with van der Waals surface area (Å²) in [4.78, 5) is 2.11. The van der Waals surface area contributed by atoms with Gasteiger partial charge in [0, 0.05) is 26.3 Å². The van der Waals surface area contributed by atoms with Crippen LogP contribution in [0.4, 0.5) is 13.2 Å². The molecule has 0 atom stereocenters. The molecule has 1 saturated heterocycles. The number of hydrogen-bond acceptors (Lipinski definition) is 3. The lowest BCUT2D eigenvalue weighted by Crippen LogP contribution is -2.41. The zero-order chi connectivity index (χ0) is 14.1. The molecule has 0 saturated carbocycles. The second-order valence-electron chi connectivity index (χ2n) is 4.96. The van der Waals surface area contributed by atoms with Crippen LogP contribution < -0.4 is 5.32 Å². The van der Waals surface area contributed by atoms with Gasteiger partial charge in [-0.1, -0.05) is 0 Å². The number of nitrogens with one attached hydrogen (secondary N) is 1. The lowest BCUT2D eigenvalue weighted by atomic mass is 9.96. The quantitative estimate of drug-likeness (QED) is 0.691. The van der Waals surface area contributed by atoms with E-state index in [-0.39, 0.29) is 12.8 Å². The number of nitrogens with zero attached hydrogens (tertiary/aromatic N) is 1. The molecule has 0 spiro atoms. The van der Waals surface area contributed by atoms with E-state index >= 15 is 0 Å². The van der Waals surface area contributed by atoms with Crippen LogP contribution in [0.25, 0.3) is 0 Å². The summed E-state index contributed by atoms with van der Waals surface area (Å²) in [6.45, 7) is 7.17. The minimum absolute atomic E-state index is 0.244. The molecule has 3 nitrogen and oxygen atoms in total. The van der Waals surface area contributed by atoms with Crippen LogP contribution in [0.15, 0.2) is 0 Å². The van der Waals surface area contributed by atoms with Gasteiger partial charge in [-0.2, -0.15) is 13.2 Å². The molecule has 0 aliphatic carbocycles. The molecular formula is C13H25F3N2O. The highest BCUT2D eigenvalue weighted by molar-refractivity contribution is 4.77. The molecule has 1 aliphatic rings. The zero-order valence-corrected chi connectivity index (χ0v) is 11.6. The summed E-state index contributed by atoms with van der Waals surface area (Å²) in [5.74, 6) is -1.09. The molecular weight excluding hydrogens is 257 g/mol. The Balaban J connectivity index is 1.98. The Morgan fingerprint density at radius 3 is 2.47 bits per heavy atom. The number of halogens is 3. The molecule has 0 radical (unpaired) electrons. The first-order chi connectivity index (χ1) is 9.04. The molecule has 0 amide bonds. The lowest BCUT2D eigenvalue weighted by Gasteiger charge is -2.32. The van der Waals surface area contributed by atoms with Gasteiger partial charge in [-0.15, -0.1) is 0 Å². The predicted octanol–water partition coefficient (Wildman–Crippen LogP) is 2.28. The van der Waals surface area contributed by atoms with Gasteiger partial charge >= 0.3 is 6.18 Å². The zero-order valence-electron chi connectivity index (χ0n) is 11.6. The maximum absolute atomic E-state index is 12.5. The summed E-state index contributed by atoms with van der Waals surface area (Å²) in [5.41, 5.74) is 0. The third-order valence-corrected chi connectivity index (χ3v) is 3.50. The van der Waals surface area contributed by atoms with Crippen molar-refractivity contribution in [2.24, 2.45) is 5.92 Å². The van der Waals surface area contributed by atoms with E-state index in [2.05, 4.69) is 10.2 Å². The van der Waals surface area contributed by atoms with Crippen LogP contribution >= 0.6 is 0 Å². The number of hydrogen-bond donors (Lipinski definition) is 1. The summed E-state index contributed by atoms with van der Waals surface area (Å²) in [7, 11) is 0. The van der Waals surface area contributed by atoms with Gasteiger partial charge in [0.25, 0.3) is 0 Å². The van der Waals surface area contributed by atoms with Crippen molar-refractivity contribution in [2.75, 3.05) is 45.9 Å². The summed E-state index contributed by atoms with van der Waals surface area (Å²) >= 11 is 0. The minimum atomic E-state index is -4.01. The predicted molar refractivity (Wildman–Crippen MR) is 69.2 cm³/mol. The maximum Gasteiger partial charge on any atom is 0.391 e. The normalized spacial score (nSPS) is 18.9. The number of ether oxygens (including phenoxy) is 1. The minimum Gasteiger partial charge on any atom is -0.382 e. The van der Waals surface area contributed by atoms with Crippen molar-refractivity contribution in [3.8, 4) is 0 Å². The van der Waals surface area contributed by atoms with Gasteiger partial charge in [0.15, 0.2) is 0 Å². The fourth-order valence-electron chi connectivity index (χ4n) is 2.29. The van der Waals surface area contributed by atoms with Gasteiger partial charge in [0.2, 0.25) is 0 Å². The smallest absolute Gasteiger partial charge is 0.382 e. The van der Waals surface area contributed by atoms with Crippen molar-refractivity contribution in [1.29, 1.82) is 0 Å². The van der Waals surface area contributed by atoms with Gasteiger partial charge in [0.05, 0.1) is 5.92 Å². The van der Waals surface area contributed by atoms with Crippen molar-refractivity contribution in [2.45, 2.75) is 32.4 Å². The van der Waals surface area contributed by atoms with Crippen LogP contribution in [0.2, 0.25) is 0 Å². The molecule has 1 heterocycles. The Hall–Kier alpha value is -0.330. The van der Waals surface area contributed by atoms with E-state index in [1.807, 2.05) is 6.92 Å². The average Bonchev–Trinajstić information content (AvgIpc) is 2.37. The van der Waals surface area contributed by atoms with Gasteiger partial charge in [-0.25, -0.2) is 0 Å². The van der Waals surface area contributed by atoms with Gasteiger partial charge in [-0.05, 0) is 45.8 Å². The van der Waals surface area contributed by atoms with Crippen molar-refractivity contribution in [3.63, 3.8) is 0 Å². The summed E-state index contributed by atoms with van der Waals surface area (Å²) in [6, 6.07) is 0. The Labute approximate surface area is 113 Å². The van der Waals surface area contributed by atoms with Crippen LogP contribution in [0.3, 0.4) is 0 Å². The fourth-order valence-corrected chi connectivity index (χ4v) is 2.29. The summed E-state index contributed by atoms with van der Waals surface area (Å²) in [6.07, 6.45) is -2.55. The molecule has 1 aliphatic heterocycles. The van der Waals surface area contributed by atoms with E-state index < -0.39 is 12.1 Å². The molecule has 1 rings (SSSR count). The van der Waals surface area contributed by atoms with Crippen molar-refractivity contribution < 1.29 is 17.9 Å². The molecule has 0 unspecified atom stereocenters.